The minimum atomic E-state index is 0. The highest BCUT2D eigenvalue weighted by Crippen LogP contribution is 2.37. The van der Waals surface area contributed by atoms with E-state index in [2.05, 4.69) is 53.3 Å². The number of ether oxygens (including phenoxy) is 2. The molecule has 8 heteroatoms. The van der Waals surface area contributed by atoms with Crippen molar-refractivity contribution in [2.24, 2.45) is 4.99 Å². The summed E-state index contributed by atoms with van der Waals surface area (Å²) in [7, 11) is 3.39. The number of thioether (sulfide) groups is 1. The van der Waals surface area contributed by atoms with E-state index in [0.717, 1.165) is 63.1 Å². The first-order valence-corrected chi connectivity index (χ1v) is 11.7. The Bertz CT molecular complexity index is 711. The lowest BCUT2D eigenvalue weighted by atomic mass is 9.99. The summed E-state index contributed by atoms with van der Waals surface area (Å²) >= 11 is 2.06. The lowest BCUT2D eigenvalue weighted by molar-refractivity contribution is 0.256. The molecule has 1 aromatic carbocycles. The lowest BCUT2D eigenvalue weighted by Gasteiger charge is -2.29. The predicted octanol–water partition coefficient (Wildman–Crippen LogP) is 3.52. The Morgan fingerprint density at radius 2 is 1.93 bits per heavy atom. The van der Waals surface area contributed by atoms with Gasteiger partial charge in [0.2, 0.25) is 0 Å². The molecule has 0 saturated carbocycles. The largest absolute Gasteiger partial charge is 0.493 e. The molecule has 1 aromatic rings. The van der Waals surface area contributed by atoms with E-state index < -0.39 is 0 Å². The smallest absolute Gasteiger partial charge is 0.191 e. The van der Waals surface area contributed by atoms with Gasteiger partial charge >= 0.3 is 0 Å². The lowest BCUT2D eigenvalue weighted by Crippen LogP contribution is -2.43. The number of aliphatic imine (C=N–C) groups is 1. The molecule has 0 bridgehead atoms. The maximum atomic E-state index is 5.47. The van der Waals surface area contributed by atoms with Gasteiger partial charge in [-0.15, -0.1) is 24.0 Å². The Balaban J connectivity index is 0.00000320. The number of guanidine groups is 1. The third kappa shape index (κ3) is 6.82. The molecule has 170 valence electrons. The summed E-state index contributed by atoms with van der Waals surface area (Å²) in [6.07, 6.45) is 3.62. The molecule has 2 N–H and O–H groups in total. The van der Waals surface area contributed by atoms with E-state index in [9.17, 15) is 0 Å². The Morgan fingerprint density at radius 1 is 1.20 bits per heavy atom. The van der Waals surface area contributed by atoms with Gasteiger partial charge in [0.15, 0.2) is 17.5 Å². The molecule has 0 aromatic heterocycles. The van der Waals surface area contributed by atoms with Crippen LogP contribution >= 0.6 is 35.7 Å². The summed E-state index contributed by atoms with van der Waals surface area (Å²) in [4.78, 5) is 7.34. The van der Waals surface area contributed by atoms with Gasteiger partial charge in [-0.05, 0) is 62.1 Å². The van der Waals surface area contributed by atoms with E-state index in [1.54, 1.807) is 14.2 Å². The van der Waals surface area contributed by atoms with Gasteiger partial charge in [-0.3, -0.25) is 9.89 Å². The maximum absolute atomic E-state index is 5.47. The summed E-state index contributed by atoms with van der Waals surface area (Å²) in [5.74, 6) is 3.83. The standard InChI is InChI=1S/C22H36N4O2S.HI/c1-5-23-21(25-16-22(2)8-6-12-29-22)24-9-11-26-10-7-17-13-19(27-3)20(28-4)14-18(17)15-26;/h13-14H,5-12,15-16H2,1-4H3,(H2,23,24,25);1H. The van der Waals surface area contributed by atoms with Crippen LogP contribution in [0, 0.1) is 0 Å². The number of nitrogens with one attached hydrogen (secondary N) is 2. The van der Waals surface area contributed by atoms with Gasteiger partial charge in [0.1, 0.15) is 0 Å². The summed E-state index contributed by atoms with van der Waals surface area (Å²) in [5, 5.41) is 6.90. The van der Waals surface area contributed by atoms with Crippen LogP contribution in [0.4, 0.5) is 0 Å². The molecule has 0 spiro atoms. The summed E-state index contributed by atoms with van der Waals surface area (Å²) in [5.41, 5.74) is 2.70. The minimum absolute atomic E-state index is 0. The number of hydrogen-bond donors (Lipinski definition) is 2. The van der Waals surface area contributed by atoms with Crippen molar-refractivity contribution in [3.05, 3.63) is 23.3 Å². The highest BCUT2D eigenvalue weighted by Gasteiger charge is 2.29. The summed E-state index contributed by atoms with van der Waals surface area (Å²) in [6, 6.07) is 4.25. The molecule has 1 fully saturated rings. The van der Waals surface area contributed by atoms with Crippen LogP contribution in [0.25, 0.3) is 0 Å². The average molecular weight is 549 g/mol. The third-order valence-corrected chi connectivity index (χ3v) is 7.26. The van der Waals surface area contributed by atoms with Crippen LogP contribution < -0.4 is 20.1 Å². The van der Waals surface area contributed by atoms with Crippen LogP contribution in [0.3, 0.4) is 0 Å². The van der Waals surface area contributed by atoms with E-state index in [0.29, 0.717) is 4.75 Å². The number of methoxy groups -OCH3 is 2. The fourth-order valence-electron chi connectivity index (χ4n) is 4.01. The number of rotatable bonds is 8. The highest BCUT2D eigenvalue weighted by molar-refractivity contribution is 14.0. The second-order valence-electron chi connectivity index (χ2n) is 8.03. The first-order chi connectivity index (χ1) is 14.1. The second-order valence-corrected chi connectivity index (χ2v) is 9.71. The monoisotopic (exact) mass is 548 g/mol. The van der Waals surface area contributed by atoms with Gasteiger partial charge < -0.3 is 20.1 Å². The van der Waals surface area contributed by atoms with Crippen LogP contribution in [0.5, 0.6) is 11.5 Å². The quantitative estimate of drug-likeness (QED) is 0.295. The van der Waals surface area contributed by atoms with Crippen molar-refractivity contribution in [3.63, 3.8) is 0 Å². The zero-order valence-corrected chi connectivity index (χ0v) is 21.9. The molecule has 2 aliphatic heterocycles. The SMILES string of the molecule is CCNC(=NCC1(C)CCCS1)NCCN1CCc2cc(OC)c(OC)cc2C1.I. The number of halogens is 1. The zero-order valence-electron chi connectivity index (χ0n) is 18.8. The summed E-state index contributed by atoms with van der Waals surface area (Å²) < 4.78 is 11.2. The zero-order chi connectivity index (χ0) is 20.7. The molecular weight excluding hydrogens is 511 g/mol. The fourth-order valence-corrected chi connectivity index (χ4v) is 5.24. The Labute approximate surface area is 203 Å². The van der Waals surface area contributed by atoms with E-state index >= 15 is 0 Å². The number of fused-ring (bicyclic) bond motifs is 1. The normalized spacial score (nSPS) is 21.5. The van der Waals surface area contributed by atoms with Gasteiger partial charge in [0.25, 0.3) is 0 Å². The van der Waals surface area contributed by atoms with Crippen molar-refractivity contribution in [3.8, 4) is 11.5 Å². The third-order valence-electron chi connectivity index (χ3n) is 5.73. The van der Waals surface area contributed by atoms with Crippen LogP contribution in [-0.2, 0) is 13.0 Å². The molecule has 0 radical (unpaired) electrons. The highest BCUT2D eigenvalue weighted by atomic mass is 127. The van der Waals surface area contributed by atoms with Crippen molar-refractivity contribution in [1.82, 2.24) is 15.5 Å². The number of nitrogens with zero attached hydrogens (tertiary/aromatic N) is 2. The van der Waals surface area contributed by atoms with E-state index in [1.165, 1.54) is 29.7 Å². The van der Waals surface area contributed by atoms with Gasteiger partial charge in [0, 0.05) is 37.5 Å². The Kier molecular flexibility index (Phi) is 10.4. The van der Waals surface area contributed by atoms with Crippen LogP contribution in [-0.4, -0.2) is 68.3 Å². The molecular formula is C22H37IN4O2S. The van der Waals surface area contributed by atoms with E-state index in [4.69, 9.17) is 14.5 Å². The van der Waals surface area contributed by atoms with Crippen LogP contribution in [0.2, 0.25) is 0 Å². The Hall–Kier alpha value is -0.870. The van der Waals surface area contributed by atoms with Crippen LogP contribution in [0.15, 0.2) is 17.1 Å². The van der Waals surface area contributed by atoms with Gasteiger partial charge in [-0.1, -0.05) is 0 Å². The molecule has 1 unspecified atom stereocenters. The summed E-state index contributed by atoms with van der Waals surface area (Å²) in [6.45, 7) is 10.1. The molecule has 1 saturated heterocycles. The molecule has 6 nitrogen and oxygen atoms in total. The second kappa shape index (κ2) is 12.2. The molecule has 0 aliphatic carbocycles. The molecule has 2 aliphatic rings. The van der Waals surface area contributed by atoms with E-state index in [1.807, 2.05) is 0 Å². The van der Waals surface area contributed by atoms with Crippen molar-refractivity contribution in [2.75, 3.05) is 52.7 Å². The maximum Gasteiger partial charge on any atom is 0.191 e. The predicted molar refractivity (Wildman–Crippen MR) is 138 cm³/mol. The topological polar surface area (TPSA) is 58.1 Å². The van der Waals surface area contributed by atoms with Gasteiger partial charge in [-0.25, -0.2) is 0 Å². The first kappa shape index (κ1) is 25.4. The molecule has 30 heavy (non-hydrogen) atoms. The molecule has 3 rings (SSSR count). The van der Waals surface area contributed by atoms with E-state index in [-0.39, 0.29) is 24.0 Å². The minimum Gasteiger partial charge on any atom is -0.493 e. The van der Waals surface area contributed by atoms with Crippen molar-refractivity contribution < 1.29 is 9.47 Å². The fraction of sp³-hybridized carbons (Fsp3) is 0.682. The van der Waals surface area contributed by atoms with Crippen molar-refractivity contribution in [1.29, 1.82) is 0 Å². The number of hydrogen-bond acceptors (Lipinski definition) is 5. The Morgan fingerprint density at radius 3 is 2.57 bits per heavy atom. The molecule has 2 heterocycles. The van der Waals surface area contributed by atoms with Crippen molar-refractivity contribution in [2.45, 2.75) is 44.4 Å². The average Bonchev–Trinajstić information content (AvgIpc) is 3.17. The van der Waals surface area contributed by atoms with Crippen LogP contribution in [0.1, 0.15) is 37.8 Å². The number of benzene rings is 1. The molecule has 0 amide bonds. The molecule has 1 atom stereocenters. The van der Waals surface area contributed by atoms with Crippen molar-refractivity contribution >= 4 is 41.7 Å². The van der Waals surface area contributed by atoms with Gasteiger partial charge in [-0.2, -0.15) is 11.8 Å². The van der Waals surface area contributed by atoms with Gasteiger partial charge in [0.05, 0.1) is 20.8 Å². The first-order valence-electron chi connectivity index (χ1n) is 10.7.